The van der Waals surface area contributed by atoms with E-state index < -0.39 is 0 Å². The van der Waals surface area contributed by atoms with Gasteiger partial charge in [0.2, 0.25) is 0 Å². The van der Waals surface area contributed by atoms with Crippen molar-refractivity contribution in [1.82, 2.24) is 25.3 Å². The van der Waals surface area contributed by atoms with E-state index in [0.29, 0.717) is 36.0 Å². The molecule has 2 bridgehead atoms. The molecule has 9 nitrogen and oxygen atoms in total. The first-order valence-corrected chi connectivity index (χ1v) is 11.6. The van der Waals surface area contributed by atoms with Crippen LogP contribution in [0.25, 0.3) is 22.4 Å². The van der Waals surface area contributed by atoms with Gasteiger partial charge in [-0.25, -0.2) is 0 Å². The SMILES string of the molecule is Cn1cc(-c2ccc(-c3cc4c(nn3)N([C@@H]3C[C@H]5COC[C@@H](C3)N5)CCCO4)c(O)c2)cn1. The van der Waals surface area contributed by atoms with E-state index in [-0.39, 0.29) is 5.75 Å². The minimum Gasteiger partial charge on any atom is -0.507 e. The molecule has 6 rings (SSSR count). The maximum absolute atomic E-state index is 10.8. The summed E-state index contributed by atoms with van der Waals surface area (Å²) in [6.07, 6.45) is 6.68. The quantitative estimate of drug-likeness (QED) is 0.630. The number of nitrogens with zero attached hydrogens (tertiary/aromatic N) is 5. The van der Waals surface area contributed by atoms with Crippen LogP contribution < -0.4 is 15.0 Å². The average Bonchev–Trinajstić information content (AvgIpc) is 3.14. The Morgan fingerprint density at radius 3 is 2.70 bits per heavy atom. The monoisotopic (exact) mass is 448 g/mol. The van der Waals surface area contributed by atoms with Gasteiger partial charge in [-0.1, -0.05) is 6.07 Å². The van der Waals surface area contributed by atoms with Gasteiger partial charge in [0.15, 0.2) is 11.6 Å². The number of phenolic OH excluding ortho intramolecular Hbond substituents is 1. The summed E-state index contributed by atoms with van der Waals surface area (Å²) >= 11 is 0. The Morgan fingerprint density at radius 1 is 1.09 bits per heavy atom. The van der Waals surface area contributed by atoms with Gasteiger partial charge in [0, 0.05) is 55.1 Å². The summed E-state index contributed by atoms with van der Waals surface area (Å²) in [5.41, 5.74) is 3.07. The molecule has 2 saturated heterocycles. The van der Waals surface area contributed by atoms with E-state index in [2.05, 4.69) is 25.5 Å². The molecule has 2 N–H and O–H groups in total. The van der Waals surface area contributed by atoms with Crippen LogP contribution in [0.15, 0.2) is 36.7 Å². The summed E-state index contributed by atoms with van der Waals surface area (Å²) in [7, 11) is 1.87. The first kappa shape index (κ1) is 20.4. The Morgan fingerprint density at radius 2 is 1.94 bits per heavy atom. The van der Waals surface area contributed by atoms with Crippen molar-refractivity contribution >= 4 is 5.82 Å². The van der Waals surface area contributed by atoms with Crippen molar-refractivity contribution in [1.29, 1.82) is 0 Å². The summed E-state index contributed by atoms with van der Waals surface area (Å²) in [5, 5.41) is 27.7. The molecule has 3 atom stereocenters. The van der Waals surface area contributed by atoms with E-state index >= 15 is 0 Å². The number of aromatic nitrogens is 4. The molecule has 9 heteroatoms. The predicted molar refractivity (Wildman–Crippen MR) is 123 cm³/mol. The topological polar surface area (TPSA) is 97.6 Å². The number of piperidine rings is 1. The van der Waals surface area contributed by atoms with Crippen LogP contribution in [0.1, 0.15) is 19.3 Å². The smallest absolute Gasteiger partial charge is 0.194 e. The minimum atomic E-state index is 0.155. The zero-order valence-electron chi connectivity index (χ0n) is 18.6. The molecule has 172 valence electrons. The van der Waals surface area contributed by atoms with E-state index in [1.165, 1.54) is 0 Å². The minimum absolute atomic E-state index is 0.155. The molecule has 0 unspecified atom stereocenters. The van der Waals surface area contributed by atoms with Gasteiger partial charge in [-0.2, -0.15) is 5.10 Å². The first-order chi connectivity index (χ1) is 16.1. The second kappa shape index (κ2) is 8.31. The van der Waals surface area contributed by atoms with E-state index in [0.717, 1.165) is 61.7 Å². The number of aromatic hydroxyl groups is 1. The Labute approximate surface area is 192 Å². The Bertz CT molecular complexity index is 1150. The molecular weight excluding hydrogens is 420 g/mol. The third-order valence-electron chi connectivity index (χ3n) is 6.79. The molecule has 33 heavy (non-hydrogen) atoms. The molecule has 3 aromatic rings. The van der Waals surface area contributed by atoms with Crippen molar-refractivity contribution in [2.45, 2.75) is 37.4 Å². The van der Waals surface area contributed by atoms with E-state index in [9.17, 15) is 5.11 Å². The van der Waals surface area contributed by atoms with Gasteiger partial charge in [-0.3, -0.25) is 4.68 Å². The molecule has 1 aromatic carbocycles. The molecule has 2 aromatic heterocycles. The lowest BCUT2D eigenvalue weighted by Gasteiger charge is -2.44. The number of aryl methyl sites for hydroxylation is 1. The van der Waals surface area contributed by atoms with Gasteiger partial charge in [0.05, 0.1) is 26.0 Å². The number of hydrogen-bond acceptors (Lipinski definition) is 8. The molecule has 0 aliphatic carbocycles. The van der Waals surface area contributed by atoms with Crippen LogP contribution in [-0.4, -0.2) is 69.6 Å². The molecular formula is C24H28N6O3. The van der Waals surface area contributed by atoms with Gasteiger partial charge < -0.3 is 24.8 Å². The zero-order valence-corrected chi connectivity index (χ0v) is 18.6. The van der Waals surface area contributed by atoms with Crippen molar-refractivity contribution in [3.05, 3.63) is 36.7 Å². The highest BCUT2D eigenvalue weighted by Gasteiger charge is 2.36. The number of anilines is 1. The molecule has 0 radical (unpaired) electrons. The molecule has 0 amide bonds. The number of nitrogens with one attached hydrogen (secondary N) is 1. The van der Waals surface area contributed by atoms with Crippen LogP contribution in [0, 0.1) is 0 Å². The predicted octanol–water partition coefficient (Wildman–Crippen LogP) is 2.36. The lowest BCUT2D eigenvalue weighted by atomic mass is 9.91. The van der Waals surface area contributed by atoms with Crippen molar-refractivity contribution < 1.29 is 14.6 Å². The average molecular weight is 449 g/mol. The van der Waals surface area contributed by atoms with Crippen LogP contribution in [0.4, 0.5) is 5.82 Å². The van der Waals surface area contributed by atoms with Crippen LogP contribution >= 0.6 is 0 Å². The normalized spacial score (nSPS) is 24.6. The number of rotatable bonds is 3. The van der Waals surface area contributed by atoms with Crippen LogP contribution in [0.2, 0.25) is 0 Å². The standard InChI is InChI=1S/C24H28N6O3/c1-29-12-16(11-25-29)15-3-4-20(22(31)7-15)21-10-23-24(28-27-21)30(5-2-6-33-23)19-8-17-13-32-14-18(9-19)26-17/h3-4,7,10-12,17-19,26,31H,2,5-6,8-9,13-14H2,1H3/t17-,18+,19+. The van der Waals surface area contributed by atoms with Crippen LogP contribution in [-0.2, 0) is 11.8 Å². The van der Waals surface area contributed by atoms with Crippen molar-refractivity contribution in [3.8, 4) is 33.9 Å². The lowest BCUT2D eigenvalue weighted by Crippen LogP contribution is -2.59. The molecule has 0 spiro atoms. The fourth-order valence-corrected chi connectivity index (χ4v) is 5.24. The summed E-state index contributed by atoms with van der Waals surface area (Å²) in [6, 6.07) is 8.64. The number of benzene rings is 1. The second-order valence-corrected chi connectivity index (χ2v) is 9.17. The summed E-state index contributed by atoms with van der Waals surface area (Å²) < 4.78 is 13.5. The lowest BCUT2D eigenvalue weighted by molar-refractivity contribution is 0.0178. The van der Waals surface area contributed by atoms with Gasteiger partial charge in [0.25, 0.3) is 0 Å². The number of ether oxygens (including phenoxy) is 2. The van der Waals surface area contributed by atoms with E-state index in [1.54, 1.807) is 16.9 Å². The maximum atomic E-state index is 10.8. The third kappa shape index (κ3) is 3.91. The van der Waals surface area contributed by atoms with E-state index in [4.69, 9.17) is 9.47 Å². The zero-order chi connectivity index (χ0) is 22.4. The van der Waals surface area contributed by atoms with Gasteiger partial charge in [-0.15, -0.1) is 10.2 Å². The highest BCUT2D eigenvalue weighted by Crippen LogP contribution is 2.38. The summed E-state index contributed by atoms with van der Waals surface area (Å²) in [6.45, 7) is 3.07. The highest BCUT2D eigenvalue weighted by molar-refractivity contribution is 5.75. The number of morpholine rings is 1. The Hall–Kier alpha value is -3.17. The van der Waals surface area contributed by atoms with Gasteiger partial charge >= 0.3 is 0 Å². The van der Waals surface area contributed by atoms with Crippen molar-refractivity contribution in [2.24, 2.45) is 7.05 Å². The maximum Gasteiger partial charge on any atom is 0.194 e. The second-order valence-electron chi connectivity index (χ2n) is 9.17. The molecule has 3 aliphatic heterocycles. The van der Waals surface area contributed by atoms with Crippen LogP contribution in [0.3, 0.4) is 0 Å². The van der Waals surface area contributed by atoms with Crippen molar-refractivity contribution in [3.63, 3.8) is 0 Å². The number of hydrogen-bond donors (Lipinski definition) is 2. The van der Waals surface area contributed by atoms with E-state index in [1.807, 2.05) is 31.4 Å². The first-order valence-electron chi connectivity index (χ1n) is 11.6. The largest absolute Gasteiger partial charge is 0.507 e. The van der Waals surface area contributed by atoms with Crippen molar-refractivity contribution in [2.75, 3.05) is 31.3 Å². The van der Waals surface area contributed by atoms with Gasteiger partial charge in [0.1, 0.15) is 11.4 Å². The summed E-state index contributed by atoms with van der Waals surface area (Å²) in [5.74, 6) is 1.68. The molecule has 2 fully saturated rings. The number of phenols is 1. The van der Waals surface area contributed by atoms with Crippen LogP contribution in [0.5, 0.6) is 11.5 Å². The summed E-state index contributed by atoms with van der Waals surface area (Å²) in [4.78, 5) is 2.37. The fourth-order valence-electron chi connectivity index (χ4n) is 5.24. The molecule has 5 heterocycles. The molecule has 3 aliphatic rings. The molecule has 0 saturated carbocycles. The highest BCUT2D eigenvalue weighted by atomic mass is 16.5. The Kier molecular flexibility index (Phi) is 5.15. The Balaban J connectivity index is 1.30. The fraction of sp³-hybridized carbons (Fsp3) is 0.458. The third-order valence-corrected chi connectivity index (χ3v) is 6.79. The van der Waals surface area contributed by atoms with Gasteiger partial charge in [-0.05, 0) is 37.0 Å². The number of fused-ring (bicyclic) bond motifs is 3.